The normalized spacial score (nSPS) is 15.8. The Balaban J connectivity index is 2.11. The fourth-order valence-electron chi connectivity index (χ4n) is 2.98. The summed E-state index contributed by atoms with van der Waals surface area (Å²) in [6.07, 6.45) is 0. The molecule has 0 radical (unpaired) electrons. The van der Waals surface area contributed by atoms with Gasteiger partial charge in [-0.05, 0) is 44.3 Å². The van der Waals surface area contributed by atoms with Crippen molar-refractivity contribution < 1.29 is 14.6 Å². The summed E-state index contributed by atoms with van der Waals surface area (Å²) in [4.78, 5) is 18.3. The van der Waals surface area contributed by atoms with Gasteiger partial charge in [0.1, 0.15) is 12.4 Å². The number of aliphatic imine (C=N–C) groups is 1. The number of hydrogen-bond donors (Lipinski definition) is 1. The number of ether oxygens (including phenoxy) is 1. The summed E-state index contributed by atoms with van der Waals surface area (Å²) in [5.41, 5.74) is 4.61. The molecule has 1 heterocycles. The lowest BCUT2D eigenvalue weighted by atomic mass is 9.93. The summed E-state index contributed by atoms with van der Waals surface area (Å²) >= 11 is 0. The van der Waals surface area contributed by atoms with Crippen LogP contribution in [0, 0.1) is 0 Å². The zero-order chi connectivity index (χ0) is 18.7. The molecule has 1 N–H and O–H groups in total. The van der Waals surface area contributed by atoms with E-state index in [4.69, 9.17) is 9.73 Å². The smallest absolute Gasteiger partial charge is 0.310 e. The number of carbonyl (C=O) groups is 1. The standard InChI is InChI=1S/C21H24N2O3/c1-14(21(24)25)15-8-9-19-18(12-15)20(22-10-11-23(2)3)17-7-5-4-6-16(17)13-26-19/h4-9,12,14H,10-11,13H2,1-3H3,(H,24,25)/b22-20-. The van der Waals surface area contributed by atoms with Crippen LogP contribution in [0.25, 0.3) is 0 Å². The van der Waals surface area contributed by atoms with E-state index in [0.717, 1.165) is 40.3 Å². The average molecular weight is 352 g/mol. The molecule has 3 rings (SSSR count). The number of rotatable bonds is 5. The van der Waals surface area contributed by atoms with E-state index in [1.54, 1.807) is 6.92 Å². The molecule has 0 amide bonds. The van der Waals surface area contributed by atoms with Gasteiger partial charge in [0, 0.05) is 17.7 Å². The van der Waals surface area contributed by atoms with E-state index in [2.05, 4.69) is 11.0 Å². The van der Waals surface area contributed by atoms with E-state index >= 15 is 0 Å². The number of aliphatic carboxylic acids is 1. The second-order valence-electron chi connectivity index (χ2n) is 6.79. The van der Waals surface area contributed by atoms with Gasteiger partial charge in [0.2, 0.25) is 0 Å². The first-order valence-electron chi connectivity index (χ1n) is 8.74. The number of nitrogens with zero attached hydrogens (tertiary/aromatic N) is 2. The van der Waals surface area contributed by atoms with Crippen molar-refractivity contribution in [1.82, 2.24) is 4.90 Å². The summed E-state index contributed by atoms with van der Waals surface area (Å²) in [7, 11) is 4.04. The molecule has 1 atom stereocenters. The monoisotopic (exact) mass is 352 g/mol. The Kier molecular flexibility index (Phi) is 5.38. The van der Waals surface area contributed by atoms with Gasteiger partial charge in [-0.2, -0.15) is 0 Å². The SMILES string of the molecule is CC(C(=O)O)c1ccc2c(c1)/C(=N\CCN(C)C)c1ccccc1CO2. The van der Waals surface area contributed by atoms with Gasteiger partial charge >= 0.3 is 5.97 Å². The zero-order valence-corrected chi connectivity index (χ0v) is 15.4. The summed E-state index contributed by atoms with van der Waals surface area (Å²) in [6, 6.07) is 13.7. The molecule has 0 aliphatic carbocycles. The third-order valence-electron chi connectivity index (χ3n) is 4.60. The quantitative estimate of drug-likeness (QED) is 0.898. The van der Waals surface area contributed by atoms with Crippen LogP contribution in [-0.2, 0) is 11.4 Å². The second kappa shape index (κ2) is 7.70. The van der Waals surface area contributed by atoms with Crippen molar-refractivity contribution in [2.75, 3.05) is 27.2 Å². The summed E-state index contributed by atoms with van der Waals surface area (Å²) in [5.74, 6) is -0.682. The van der Waals surface area contributed by atoms with Gasteiger partial charge in [0.25, 0.3) is 0 Å². The molecule has 1 aliphatic heterocycles. The van der Waals surface area contributed by atoms with Gasteiger partial charge in [0.05, 0.1) is 18.2 Å². The molecule has 136 valence electrons. The Morgan fingerprint density at radius 2 is 2.00 bits per heavy atom. The van der Waals surface area contributed by atoms with Gasteiger partial charge < -0.3 is 14.7 Å². The van der Waals surface area contributed by atoms with E-state index < -0.39 is 11.9 Å². The van der Waals surface area contributed by atoms with Crippen molar-refractivity contribution in [1.29, 1.82) is 0 Å². The van der Waals surface area contributed by atoms with E-state index in [1.807, 2.05) is 50.5 Å². The van der Waals surface area contributed by atoms with Crippen molar-refractivity contribution in [3.05, 3.63) is 64.7 Å². The van der Waals surface area contributed by atoms with Crippen LogP contribution in [0.5, 0.6) is 5.75 Å². The molecule has 0 spiro atoms. The number of carboxylic acids is 1. The first-order valence-corrected chi connectivity index (χ1v) is 8.74. The van der Waals surface area contributed by atoms with E-state index in [-0.39, 0.29) is 0 Å². The zero-order valence-electron chi connectivity index (χ0n) is 15.4. The van der Waals surface area contributed by atoms with E-state index in [1.165, 1.54) is 0 Å². The first kappa shape index (κ1) is 18.1. The molecule has 1 unspecified atom stereocenters. The van der Waals surface area contributed by atoms with Crippen LogP contribution in [0.2, 0.25) is 0 Å². The fourth-order valence-corrected chi connectivity index (χ4v) is 2.98. The maximum atomic E-state index is 11.4. The lowest BCUT2D eigenvalue weighted by Gasteiger charge is -2.14. The minimum Gasteiger partial charge on any atom is -0.488 e. The van der Waals surface area contributed by atoms with E-state index in [0.29, 0.717) is 13.2 Å². The number of hydrogen-bond acceptors (Lipinski definition) is 4. The molecule has 5 heteroatoms. The van der Waals surface area contributed by atoms with Gasteiger partial charge in [-0.15, -0.1) is 0 Å². The number of likely N-dealkylation sites (N-methyl/N-ethyl adjacent to an activating group) is 1. The number of benzene rings is 2. The molecule has 26 heavy (non-hydrogen) atoms. The van der Waals surface area contributed by atoms with Crippen LogP contribution in [0.4, 0.5) is 0 Å². The predicted octanol–water partition coefficient (Wildman–Crippen LogP) is 3.17. The third kappa shape index (κ3) is 3.78. The highest BCUT2D eigenvalue weighted by Crippen LogP contribution is 2.31. The van der Waals surface area contributed by atoms with Crippen molar-refractivity contribution in [2.45, 2.75) is 19.4 Å². The summed E-state index contributed by atoms with van der Waals surface area (Å²) in [5, 5.41) is 9.35. The molecule has 0 aromatic heterocycles. The van der Waals surface area contributed by atoms with Gasteiger partial charge in [-0.3, -0.25) is 9.79 Å². The highest BCUT2D eigenvalue weighted by Gasteiger charge is 2.23. The van der Waals surface area contributed by atoms with Crippen LogP contribution >= 0.6 is 0 Å². The van der Waals surface area contributed by atoms with Crippen LogP contribution in [0.15, 0.2) is 47.5 Å². The average Bonchev–Trinajstić information content (AvgIpc) is 2.78. The molecular formula is C21H24N2O3. The minimum atomic E-state index is -0.842. The fraction of sp³-hybridized carbons (Fsp3) is 0.333. The molecule has 5 nitrogen and oxygen atoms in total. The minimum absolute atomic E-state index is 0.476. The first-order chi connectivity index (χ1) is 12.5. The molecule has 0 fully saturated rings. The van der Waals surface area contributed by atoms with Crippen LogP contribution < -0.4 is 4.74 Å². The van der Waals surface area contributed by atoms with Crippen molar-refractivity contribution in [3.8, 4) is 5.75 Å². The summed E-state index contributed by atoms with van der Waals surface area (Å²) < 4.78 is 5.99. The lowest BCUT2D eigenvalue weighted by molar-refractivity contribution is -0.138. The Bertz CT molecular complexity index is 843. The molecule has 1 aliphatic rings. The van der Waals surface area contributed by atoms with Crippen molar-refractivity contribution >= 4 is 11.7 Å². The lowest BCUT2D eigenvalue weighted by Crippen LogP contribution is -2.17. The largest absolute Gasteiger partial charge is 0.488 e. The van der Waals surface area contributed by atoms with Crippen molar-refractivity contribution in [3.63, 3.8) is 0 Å². The molecule has 0 saturated carbocycles. The van der Waals surface area contributed by atoms with Gasteiger partial charge in [-0.1, -0.05) is 30.3 Å². The van der Waals surface area contributed by atoms with Gasteiger partial charge in [-0.25, -0.2) is 0 Å². The highest BCUT2D eigenvalue weighted by atomic mass is 16.5. The summed E-state index contributed by atoms with van der Waals surface area (Å²) in [6.45, 7) is 3.67. The van der Waals surface area contributed by atoms with Crippen LogP contribution in [0.1, 0.15) is 35.1 Å². The second-order valence-corrected chi connectivity index (χ2v) is 6.79. The molecule has 0 bridgehead atoms. The van der Waals surface area contributed by atoms with Crippen LogP contribution in [0.3, 0.4) is 0 Å². The maximum absolute atomic E-state index is 11.4. The molecule has 2 aromatic rings. The Morgan fingerprint density at radius 3 is 2.73 bits per heavy atom. The number of fused-ring (bicyclic) bond motifs is 2. The Morgan fingerprint density at radius 1 is 1.23 bits per heavy atom. The molecular weight excluding hydrogens is 328 g/mol. The van der Waals surface area contributed by atoms with Crippen LogP contribution in [-0.4, -0.2) is 48.9 Å². The molecule has 2 aromatic carbocycles. The Labute approximate surface area is 153 Å². The third-order valence-corrected chi connectivity index (χ3v) is 4.60. The Hall–Kier alpha value is -2.66. The molecule has 0 saturated heterocycles. The highest BCUT2D eigenvalue weighted by molar-refractivity contribution is 6.15. The maximum Gasteiger partial charge on any atom is 0.310 e. The van der Waals surface area contributed by atoms with E-state index in [9.17, 15) is 9.90 Å². The predicted molar refractivity (Wildman–Crippen MR) is 102 cm³/mol. The van der Waals surface area contributed by atoms with Gasteiger partial charge in [0.15, 0.2) is 0 Å². The van der Waals surface area contributed by atoms with Crippen molar-refractivity contribution in [2.24, 2.45) is 4.99 Å². The number of carboxylic acid groups (broad SMARTS) is 1. The topological polar surface area (TPSA) is 62.1 Å².